The van der Waals surface area contributed by atoms with Gasteiger partial charge in [0.1, 0.15) is 10.8 Å². The van der Waals surface area contributed by atoms with Crippen LogP contribution in [-0.4, -0.2) is 35.3 Å². The first kappa shape index (κ1) is 26.8. The molecule has 1 heterocycles. The highest BCUT2D eigenvalue weighted by Crippen LogP contribution is 2.39. The van der Waals surface area contributed by atoms with Gasteiger partial charge in [-0.2, -0.15) is 0 Å². The number of methoxy groups -OCH3 is 1. The molecule has 2 amide bonds. The lowest BCUT2D eigenvalue weighted by atomic mass is 9.88. The number of carbonyl (C=O) groups excluding carboxylic acids is 2. The molecule has 190 valence electrons. The van der Waals surface area contributed by atoms with E-state index in [1.165, 1.54) is 11.3 Å². The van der Waals surface area contributed by atoms with Gasteiger partial charge in [0.05, 0.1) is 17.7 Å². The summed E-state index contributed by atoms with van der Waals surface area (Å²) in [5.74, 6) is 0.598. The summed E-state index contributed by atoms with van der Waals surface area (Å²) < 4.78 is 5.19. The minimum absolute atomic E-state index is 0.0604. The van der Waals surface area contributed by atoms with Crippen LogP contribution in [0, 0.1) is 5.92 Å². The maximum absolute atomic E-state index is 13.2. The topological polar surface area (TPSA) is 125 Å². The molecule has 0 unspecified atom stereocenters. The van der Waals surface area contributed by atoms with E-state index in [0.717, 1.165) is 62.5 Å². The molecule has 0 spiro atoms. The van der Waals surface area contributed by atoms with Crippen molar-refractivity contribution in [3.63, 3.8) is 0 Å². The van der Waals surface area contributed by atoms with Gasteiger partial charge in [-0.05, 0) is 61.8 Å². The molecule has 0 atom stereocenters. The summed E-state index contributed by atoms with van der Waals surface area (Å²) in [6.45, 7) is 0.364. The van der Waals surface area contributed by atoms with Crippen molar-refractivity contribution in [2.45, 2.75) is 64.3 Å². The van der Waals surface area contributed by atoms with Gasteiger partial charge in [-0.25, -0.2) is 4.79 Å². The number of fused-ring (bicyclic) bond motifs is 1. The van der Waals surface area contributed by atoms with Gasteiger partial charge in [-0.1, -0.05) is 36.9 Å². The molecule has 4 rings (SSSR count). The highest BCUT2D eigenvalue weighted by Gasteiger charge is 2.28. The second-order valence-corrected chi connectivity index (χ2v) is 10.2. The molecule has 0 bridgehead atoms. The molecule has 2 aromatic rings. The monoisotopic (exact) mass is 522 g/mol. The van der Waals surface area contributed by atoms with E-state index in [1.54, 1.807) is 30.6 Å². The van der Waals surface area contributed by atoms with E-state index in [0.29, 0.717) is 27.9 Å². The Hall–Kier alpha value is -2.78. The Labute approximate surface area is 213 Å². The molecule has 1 fully saturated rings. The van der Waals surface area contributed by atoms with Crippen LogP contribution in [0.5, 0.6) is 5.75 Å². The second-order valence-electron chi connectivity index (χ2n) is 8.67. The molecule has 0 aliphatic heterocycles. The Balaban J connectivity index is 0.000000795. The van der Waals surface area contributed by atoms with E-state index in [-0.39, 0.29) is 17.7 Å². The first-order valence-corrected chi connectivity index (χ1v) is 13.0. The largest absolute Gasteiger partial charge is 0.503 e. The summed E-state index contributed by atoms with van der Waals surface area (Å²) in [5.41, 5.74) is 2.67. The first-order chi connectivity index (χ1) is 16.8. The lowest BCUT2D eigenvalue weighted by Gasteiger charge is -2.20. The van der Waals surface area contributed by atoms with Crippen molar-refractivity contribution >= 4 is 45.9 Å². The van der Waals surface area contributed by atoms with Crippen LogP contribution in [0.4, 0.5) is 9.80 Å². The van der Waals surface area contributed by atoms with Crippen LogP contribution in [0.1, 0.15) is 71.3 Å². The summed E-state index contributed by atoms with van der Waals surface area (Å²) in [6.07, 6.45) is 7.56. The summed E-state index contributed by atoms with van der Waals surface area (Å²) >= 11 is 7.79. The van der Waals surface area contributed by atoms with Crippen molar-refractivity contribution in [2.24, 2.45) is 5.92 Å². The van der Waals surface area contributed by atoms with Crippen LogP contribution in [0.15, 0.2) is 18.2 Å². The van der Waals surface area contributed by atoms with Crippen LogP contribution in [-0.2, 0) is 24.2 Å². The summed E-state index contributed by atoms with van der Waals surface area (Å²) in [7, 11) is 1.57. The zero-order valence-electron chi connectivity index (χ0n) is 19.7. The van der Waals surface area contributed by atoms with Crippen LogP contribution >= 0.6 is 22.9 Å². The predicted molar refractivity (Wildman–Crippen MR) is 136 cm³/mol. The van der Waals surface area contributed by atoms with Gasteiger partial charge < -0.3 is 25.6 Å². The Morgan fingerprint density at radius 3 is 2.43 bits per heavy atom. The quantitative estimate of drug-likeness (QED) is 0.371. The minimum atomic E-state index is -1.83. The highest BCUT2D eigenvalue weighted by atomic mass is 35.5. The Kier molecular flexibility index (Phi) is 9.80. The third kappa shape index (κ3) is 7.35. The number of carbonyl (C=O) groups is 3. The lowest BCUT2D eigenvalue weighted by Crippen LogP contribution is -2.28. The average molecular weight is 523 g/mol. The van der Waals surface area contributed by atoms with Gasteiger partial charge in [0.2, 0.25) is 5.91 Å². The van der Waals surface area contributed by atoms with E-state index in [9.17, 15) is 9.59 Å². The third-order valence-corrected chi connectivity index (χ3v) is 7.78. The number of anilines is 1. The number of carboxylic acid groups (broad SMARTS) is 2. The summed E-state index contributed by atoms with van der Waals surface area (Å²) in [5, 5.41) is 21.3. The van der Waals surface area contributed by atoms with Crippen LogP contribution in [0.3, 0.4) is 0 Å². The van der Waals surface area contributed by atoms with Gasteiger partial charge in [0, 0.05) is 17.3 Å². The highest BCUT2D eigenvalue weighted by molar-refractivity contribution is 7.17. The maximum Gasteiger partial charge on any atom is 0.503 e. The second kappa shape index (κ2) is 12.8. The Morgan fingerprint density at radius 2 is 1.77 bits per heavy atom. The smallest absolute Gasteiger partial charge is 0.495 e. The van der Waals surface area contributed by atoms with E-state index in [4.69, 9.17) is 31.3 Å². The van der Waals surface area contributed by atoms with Gasteiger partial charge in [-0.15, -0.1) is 11.3 Å². The van der Waals surface area contributed by atoms with Crippen molar-refractivity contribution in [3.05, 3.63) is 44.8 Å². The molecule has 2 aliphatic rings. The molecule has 10 heteroatoms. The number of hydrogen-bond donors (Lipinski definition) is 4. The molecular weight excluding hydrogens is 492 g/mol. The number of rotatable bonds is 6. The molecule has 4 N–H and O–H groups in total. The van der Waals surface area contributed by atoms with Crippen LogP contribution in [0.25, 0.3) is 0 Å². The molecule has 0 saturated heterocycles. The molecule has 2 aliphatic carbocycles. The van der Waals surface area contributed by atoms with Gasteiger partial charge in [-0.3, -0.25) is 9.59 Å². The van der Waals surface area contributed by atoms with Crippen molar-refractivity contribution in [2.75, 3.05) is 12.4 Å². The molecule has 8 nitrogen and oxygen atoms in total. The van der Waals surface area contributed by atoms with E-state index < -0.39 is 6.16 Å². The average Bonchev–Trinajstić information content (AvgIpc) is 3.20. The van der Waals surface area contributed by atoms with Gasteiger partial charge in [0.25, 0.3) is 5.91 Å². The number of amides is 2. The standard InChI is InChI=1S/C24H29ClN2O3S.CH2O3/c1-30-19-12-11-15(13-18(19)25)14-26-23(29)21-17-9-5-6-10-20(17)31-24(21)27-22(28)16-7-3-2-4-8-16;2-1(3)4/h11-13,16H,2-10,14H2,1H3,(H,26,29)(H,27,28);(H2,2,3,4). The number of nitrogens with one attached hydrogen (secondary N) is 2. The number of benzene rings is 1. The molecular formula is C25H31ClN2O6S. The molecule has 0 radical (unpaired) electrons. The third-order valence-electron chi connectivity index (χ3n) is 6.28. The number of aryl methyl sites for hydroxylation is 1. The summed E-state index contributed by atoms with van der Waals surface area (Å²) in [4.78, 5) is 35.9. The van der Waals surface area contributed by atoms with E-state index in [1.807, 2.05) is 6.07 Å². The fraction of sp³-hybridized carbons (Fsp3) is 0.480. The maximum atomic E-state index is 13.2. The van der Waals surface area contributed by atoms with Gasteiger partial charge in [0.15, 0.2) is 0 Å². The Morgan fingerprint density at radius 1 is 1.09 bits per heavy atom. The lowest BCUT2D eigenvalue weighted by molar-refractivity contribution is -0.120. The molecule has 35 heavy (non-hydrogen) atoms. The van der Waals surface area contributed by atoms with E-state index in [2.05, 4.69) is 10.6 Å². The fourth-order valence-electron chi connectivity index (χ4n) is 4.56. The zero-order chi connectivity index (χ0) is 25.4. The van der Waals surface area contributed by atoms with E-state index >= 15 is 0 Å². The molecule has 1 aromatic heterocycles. The van der Waals surface area contributed by atoms with Crippen molar-refractivity contribution in [1.82, 2.24) is 5.32 Å². The minimum Gasteiger partial charge on any atom is -0.495 e. The number of hydrogen-bond acceptors (Lipinski definition) is 5. The Bertz CT molecular complexity index is 1060. The summed E-state index contributed by atoms with van der Waals surface area (Å²) in [6, 6.07) is 5.49. The SMILES string of the molecule is COc1ccc(CNC(=O)c2c(NC(=O)C3CCCCC3)sc3c2CCCC3)cc1Cl.O=C(O)O. The zero-order valence-corrected chi connectivity index (χ0v) is 21.3. The normalized spacial score (nSPS) is 15.3. The number of ether oxygens (including phenoxy) is 1. The van der Waals surface area contributed by atoms with Crippen molar-refractivity contribution in [1.29, 1.82) is 0 Å². The number of halogens is 1. The predicted octanol–water partition coefficient (Wildman–Crippen LogP) is 5.96. The van der Waals surface area contributed by atoms with Crippen molar-refractivity contribution in [3.8, 4) is 5.75 Å². The van der Waals surface area contributed by atoms with Gasteiger partial charge >= 0.3 is 6.16 Å². The molecule has 1 saturated carbocycles. The molecule has 1 aromatic carbocycles. The number of thiophene rings is 1. The van der Waals surface area contributed by atoms with Crippen molar-refractivity contribution < 1.29 is 29.3 Å². The first-order valence-electron chi connectivity index (χ1n) is 11.8. The fourth-order valence-corrected chi connectivity index (χ4v) is 6.13. The van der Waals surface area contributed by atoms with Crippen LogP contribution < -0.4 is 15.4 Å². The van der Waals surface area contributed by atoms with Crippen LogP contribution in [0.2, 0.25) is 5.02 Å².